The van der Waals surface area contributed by atoms with Crippen molar-refractivity contribution in [3.05, 3.63) is 75.9 Å². The first-order chi connectivity index (χ1) is 15.0. The molecule has 4 rings (SSSR count). The second-order valence-corrected chi connectivity index (χ2v) is 10.4. The van der Waals surface area contributed by atoms with E-state index in [1.807, 2.05) is 18.2 Å². The molecular formula is C28H29N3O. The van der Waals surface area contributed by atoms with Crippen LogP contribution in [0, 0.1) is 35.0 Å². The van der Waals surface area contributed by atoms with Crippen molar-refractivity contribution in [3.8, 4) is 12.1 Å². The van der Waals surface area contributed by atoms with Crippen LogP contribution in [-0.2, 0) is 16.7 Å². The molecule has 2 aliphatic rings. The van der Waals surface area contributed by atoms with Crippen molar-refractivity contribution in [1.29, 1.82) is 10.5 Å². The predicted octanol–water partition coefficient (Wildman–Crippen LogP) is 6.83. The molecule has 0 saturated carbocycles. The molecule has 4 heteroatoms. The van der Waals surface area contributed by atoms with E-state index in [-0.39, 0.29) is 16.4 Å². The summed E-state index contributed by atoms with van der Waals surface area (Å²) in [4.78, 5) is 0. The average molecular weight is 424 g/mol. The standard InChI is InChI=1S/C28H29N3O/c1-18-11-21-12-19(13-24-26(21)31(18)10-9-28(24,5)6)7-8-23-14-20(22(16-29)17-30)15-25(32-23)27(2,3)4/h7-8,11-15H,9-10H2,1-6H3/b8-7+. The zero-order chi connectivity index (χ0) is 23.3. The number of aromatic nitrogens is 1. The fourth-order valence-corrected chi connectivity index (χ4v) is 4.45. The summed E-state index contributed by atoms with van der Waals surface area (Å²) in [5.41, 5.74) is 5.68. The highest BCUT2D eigenvalue weighted by atomic mass is 16.5. The molecule has 0 aliphatic carbocycles. The largest absolute Gasteiger partial charge is 0.461 e. The van der Waals surface area contributed by atoms with Gasteiger partial charge in [-0.3, -0.25) is 0 Å². The third-order valence-corrected chi connectivity index (χ3v) is 6.42. The van der Waals surface area contributed by atoms with E-state index in [2.05, 4.69) is 70.4 Å². The van der Waals surface area contributed by atoms with E-state index in [0.717, 1.165) is 24.3 Å². The minimum absolute atomic E-state index is 0.0883. The van der Waals surface area contributed by atoms with Crippen molar-refractivity contribution in [2.75, 3.05) is 0 Å². The van der Waals surface area contributed by atoms with E-state index >= 15 is 0 Å². The SMILES string of the molecule is Cc1cc2cc(/C=C/C3=CC(=C(C#N)C#N)C=C(C(C)(C)C)O3)cc3c2n1CCC3(C)C. The van der Waals surface area contributed by atoms with E-state index in [4.69, 9.17) is 4.74 Å². The molecule has 0 N–H and O–H groups in total. The van der Waals surface area contributed by atoms with E-state index in [9.17, 15) is 10.5 Å². The summed E-state index contributed by atoms with van der Waals surface area (Å²) in [6, 6.07) is 10.8. The number of nitrogens with zero attached hydrogens (tertiary/aromatic N) is 3. The molecule has 0 amide bonds. The van der Waals surface area contributed by atoms with Crippen LogP contribution in [0.2, 0.25) is 0 Å². The molecule has 1 aromatic carbocycles. The highest BCUT2D eigenvalue weighted by molar-refractivity contribution is 5.88. The van der Waals surface area contributed by atoms with Crippen LogP contribution in [-0.4, -0.2) is 4.57 Å². The van der Waals surface area contributed by atoms with Crippen molar-refractivity contribution < 1.29 is 4.74 Å². The fourth-order valence-electron chi connectivity index (χ4n) is 4.45. The van der Waals surface area contributed by atoms with Crippen LogP contribution in [0.1, 0.15) is 57.9 Å². The lowest BCUT2D eigenvalue weighted by atomic mass is 9.78. The van der Waals surface area contributed by atoms with Gasteiger partial charge in [-0.15, -0.1) is 0 Å². The summed E-state index contributed by atoms with van der Waals surface area (Å²) in [7, 11) is 0. The number of nitriles is 2. The summed E-state index contributed by atoms with van der Waals surface area (Å²) in [5.74, 6) is 1.36. The molecular weight excluding hydrogens is 394 g/mol. The number of hydrogen-bond acceptors (Lipinski definition) is 3. The molecule has 0 radical (unpaired) electrons. The van der Waals surface area contributed by atoms with Gasteiger partial charge in [0.25, 0.3) is 0 Å². The molecule has 1 aromatic heterocycles. The van der Waals surface area contributed by atoms with Crippen molar-refractivity contribution in [3.63, 3.8) is 0 Å². The second-order valence-electron chi connectivity index (χ2n) is 10.4. The van der Waals surface area contributed by atoms with Gasteiger partial charge in [0.2, 0.25) is 0 Å². The third kappa shape index (κ3) is 3.78. The Kier molecular flexibility index (Phi) is 5.14. The lowest BCUT2D eigenvalue weighted by Gasteiger charge is -2.32. The monoisotopic (exact) mass is 423 g/mol. The first-order valence-electron chi connectivity index (χ1n) is 11.0. The molecule has 0 bridgehead atoms. The molecule has 2 aromatic rings. The summed E-state index contributed by atoms with van der Waals surface area (Å²) in [5, 5.41) is 20.0. The van der Waals surface area contributed by atoms with Gasteiger partial charge in [0.15, 0.2) is 0 Å². The molecule has 0 unspecified atom stereocenters. The molecule has 0 atom stereocenters. The summed E-state index contributed by atoms with van der Waals surface area (Å²) >= 11 is 0. The smallest absolute Gasteiger partial charge is 0.137 e. The Balaban J connectivity index is 1.77. The quantitative estimate of drug-likeness (QED) is 0.497. The Labute approximate surface area is 190 Å². The van der Waals surface area contributed by atoms with Gasteiger partial charge < -0.3 is 9.30 Å². The lowest BCUT2D eigenvalue weighted by Crippen LogP contribution is -2.26. The van der Waals surface area contributed by atoms with Crippen LogP contribution in [0.5, 0.6) is 0 Å². The first-order valence-corrected chi connectivity index (χ1v) is 11.0. The Hall–Kier alpha value is -3.50. The minimum Gasteiger partial charge on any atom is -0.461 e. The Morgan fingerprint density at radius 2 is 1.81 bits per heavy atom. The molecule has 162 valence electrons. The summed E-state index contributed by atoms with van der Waals surface area (Å²) in [6.45, 7) is 14.0. The molecule has 3 heterocycles. The average Bonchev–Trinajstić information content (AvgIpc) is 3.05. The van der Waals surface area contributed by atoms with Crippen molar-refractivity contribution in [2.24, 2.45) is 5.41 Å². The van der Waals surface area contributed by atoms with E-state index < -0.39 is 0 Å². The van der Waals surface area contributed by atoms with Crippen LogP contribution in [0.3, 0.4) is 0 Å². The van der Waals surface area contributed by atoms with Gasteiger partial charge in [0.05, 0.1) is 5.52 Å². The molecule has 0 fully saturated rings. The fraction of sp³-hybridized carbons (Fsp3) is 0.357. The zero-order valence-corrected chi connectivity index (χ0v) is 19.7. The number of aryl methyl sites for hydroxylation is 2. The van der Waals surface area contributed by atoms with Crippen LogP contribution < -0.4 is 0 Å². The van der Waals surface area contributed by atoms with Gasteiger partial charge in [-0.05, 0) is 66.3 Å². The first kappa shape index (κ1) is 21.7. The van der Waals surface area contributed by atoms with Crippen LogP contribution >= 0.6 is 0 Å². The highest BCUT2D eigenvalue weighted by Gasteiger charge is 2.30. The highest BCUT2D eigenvalue weighted by Crippen LogP contribution is 2.40. The second kappa shape index (κ2) is 7.57. The molecule has 4 nitrogen and oxygen atoms in total. The maximum Gasteiger partial charge on any atom is 0.137 e. The van der Waals surface area contributed by atoms with E-state index in [0.29, 0.717) is 11.3 Å². The maximum atomic E-state index is 9.35. The number of ether oxygens (including phenoxy) is 1. The lowest BCUT2D eigenvalue weighted by molar-refractivity contribution is 0.223. The van der Waals surface area contributed by atoms with Gasteiger partial charge in [-0.2, -0.15) is 10.5 Å². The van der Waals surface area contributed by atoms with Gasteiger partial charge in [-0.25, -0.2) is 0 Å². The van der Waals surface area contributed by atoms with Crippen molar-refractivity contribution in [1.82, 2.24) is 4.57 Å². The van der Waals surface area contributed by atoms with Crippen molar-refractivity contribution in [2.45, 2.75) is 59.9 Å². The molecule has 32 heavy (non-hydrogen) atoms. The van der Waals surface area contributed by atoms with Gasteiger partial charge in [0.1, 0.15) is 29.2 Å². The van der Waals surface area contributed by atoms with Gasteiger partial charge in [-0.1, -0.05) is 40.7 Å². The number of hydrogen-bond donors (Lipinski definition) is 0. The Bertz CT molecular complexity index is 1310. The Morgan fingerprint density at radius 3 is 2.47 bits per heavy atom. The maximum absolute atomic E-state index is 9.35. The molecule has 0 spiro atoms. The Morgan fingerprint density at radius 1 is 1.09 bits per heavy atom. The summed E-state index contributed by atoms with van der Waals surface area (Å²) in [6.07, 6.45) is 8.66. The number of allylic oxidation sites excluding steroid dienone is 6. The molecule has 2 aliphatic heterocycles. The van der Waals surface area contributed by atoms with Crippen LogP contribution in [0.4, 0.5) is 0 Å². The van der Waals surface area contributed by atoms with Crippen molar-refractivity contribution >= 4 is 17.0 Å². The number of rotatable bonds is 2. The topological polar surface area (TPSA) is 61.7 Å². The zero-order valence-electron chi connectivity index (χ0n) is 19.7. The normalized spacial score (nSPS) is 17.4. The van der Waals surface area contributed by atoms with Gasteiger partial charge >= 0.3 is 0 Å². The predicted molar refractivity (Wildman–Crippen MR) is 128 cm³/mol. The molecule has 0 saturated heterocycles. The van der Waals surface area contributed by atoms with Gasteiger partial charge in [0, 0.05) is 28.6 Å². The van der Waals surface area contributed by atoms with Crippen LogP contribution in [0.25, 0.3) is 17.0 Å². The minimum atomic E-state index is -0.248. The van der Waals surface area contributed by atoms with E-state index in [1.165, 1.54) is 22.2 Å². The third-order valence-electron chi connectivity index (χ3n) is 6.42. The van der Waals surface area contributed by atoms with E-state index in [1.54, 1.807) is 12.2 Å². The van der Waals surface area contributed by atoms with Crippen LogP contribution in [0.15, 0.2) is 59.1 Å². The number of benzene rings is 1. The summed E-state index contributed by atoms with van der Waals surface area (Å²) < 4.78 is 8.57.